The number of likely N-dealkylation sites (tertiary alicyclic amines) is 1. The Hall–Kier alpha value is -0.120. The number of nitrogens with zero attached hydrogens (tertiary/aromatic N) is 3. The van der Waals surface area contributed by atoms with Crippen molar-refractivity contribution in [3.05, 3.63) is 0 Å². The molecule has 0 amide bonds. The van der Waals surface area contributed by atoms with Gasteiger partial charge in [0.05, 0.1) is 0 Å². The topological polar surface area (TPSA) is 9.72 Å². The van der Waals surface area contributed by atoms with E-state index < -0.39 is 0 Å². The highest BCUT2D eigenvalue weighted by Crippen LogP contribution is 2.32. The molecule has 1 aliphatic carbocycles. The van der Waals surface area contributed by atoms with E-state index in [2.05, 4.69) is 42.4 Å². The predicted molar refractivity (Wildman–Crippen MR) is 98.8 cm³/mol. The molecule has 0 atom stereocenters. The van der Waals surface area contributed by atoms with E-state index in [-0.39, 0.29) is 0 Å². The molecule has 3 nitrogen and oxygen atoms in total. The van der Waals surface area contributed by atoms with Gasteiger partial charge < -0.3 is 9.80 Å². The van der Waals surface area contributed by atoms with E-state index in [1.54, 1.807) is 0 Å². The molecule has 0 radical (unpaired) electrons. The van der Waals surface area contributed by atoms with Crippen LogP contribution in [-0.2, 0) is 0 Å². The Bertz CT molecular complexity index is 346. The summed E-state index contributed by atoms with van der Waals surface area (Å²) in [7, 11) is 0. The molecule has 3 aliphatic rings. The summed E-state index contributed by atoms with van der Waals surface area (Å²) in [5, 5.41) is 0. The molecule has 2 aliphatic heterocycles. The Kier molecular flexibility index (Phi) is 6.03. The Morgan fingerprint density at radius 3 is 1.96 bits per heavy atom. The van der Waals surface area contributed by atoms with Crippen molar-refractivity contribution in [3.63, 3.8) is 0 Å². The van der Waals surface area contributed by atoms with E-state index in [0.29, 0.717) is 0 Å². The van der Waals surface area contributed by atoms with Crippen molar-refractivity contribution in [1.29, 1.82) is 0 Å². The lowest BCUT2D eigenvalue weighted by Gasteiger charge is -2.47. The molecular formula is C20H39N3. The average molecular weight is 322 g/mol. The zero-order chi connectivity index (χ0) is 16.4. The van der Waals surface area contributed by atoms with Crippen LogP contribution in [0.4, 0.5) is 0 Å². The van der Waals surface area contributed by atoms with Gasteiger partial charge in [0.25, 0.3) is 0 Å². The summed E-state index contributed by atoms with van der Waals surface area (Å²) in [6.45, 7) is 18.7. The summed E-state index contributed by atoms with van der Waals surface area (Å²) in [5.41, 5.74) is 0. The second kappa shape index (κ2) is 7.84. The molecule has 2 saturated heterocycles. The fourth-order valence-electron chi connectivity index (χ4n) is 4.96. The zero-order valence-electron chi connectivity index (χ0n) is 16.0. The minimum Gasteiger partial charge on any atom is -0.300 e. The third kappa shape index (κ3) is 4.49. The van der Waals surface area contributed by atoms with Gasteiger partial charge in [-0.25, -0.2) is 0 Å². The van der Waals surface area contributed by atoms with Gasteiger partial charge >= 0.3 is 0 Å². The molecule has 0 aromatic rings. The Balaban J connectivity index is 1.33. The lowest BCUT2D eigenvalue weighted by molar-refractivity contribution is 0.0162. The fourth-order valence-corrected chi connectivity index (χ4v) is 4.96. The van der Waals surface area contributed by atoms with Gasteiger partial charge in [0, 0.05) is 57.9 Å². The van der Waals surface area contributed by atoms with Crippen LogP contribution in [0.25, 0.3) is 0 Å². The number of hydrogen-bond acceptors (Lipinski definition) is 3. The number of hydrogen-bond donors (Lipinski definition) is 0. The van der Waals surface area contributed by atoms with Crippen molar-refractivity contribution in [3.8, 4) is 0 Å². The molecule has 0 aromatic carbocycles. The minimum atomic E-state index is 0.740. The van der Waals surface area contributed by atoms with Crippen LogP contribution in [-0.4, -0.2) is 72.6 Å². The molecule has 1 saturated carbocycles. The van der Waals surface area contributed by atoms with Crippen LogP contribution in [0.5, 0.6) is 0 Å². The zero-order valence-corrected chi connectivity index (χ0v) is 16.0. The predicted octanol–water partition coefficient (Wildman–Crippen LogP) is 3.16. The summed E-state index contributed by atoms with van der Waals surface area (Å²) in [6.07, 6.45) is 5.84. The third-order valence-corrected chi connectivity index (χ3v) is 6.84. The van der Waals surface area contributed by atoms with Crippen LogP contribution in [0.3, 0.4) is 0 Å². The molecule has 0 N–H and O–H groups in total. The van der Waals surface area contributed by atoms with Crippen molar-refractivity contribution in [1.82, 2.24) is 14.7 Å². The molecule has 0 bridgehead atoms. The van der Waals surface area contributed by atoms with Crippen molar-refractivity contribution in [2.75, 3.05) is 45.8 Å². The highest BCUT2D eigenvalue weighted by Gasteiger charge is 2.32. The van der Waals surface area contributed by atoms with E-state index in [1.807, 2.05) is 0 Å². The van der Waals surface area contributed by atoms with Gasteiger partial charge in [0.15, 0.2) is 0 Å². The first-order valence-corrected chi connectivity index (χ1v) is 10.2. The maximum absolute atomic E-state index is 2.81. The van der Waals surface area contributed by atoms with Crippen LogP contribution in [0, 0.1) is 17.8 Å². The number of piperazine rings is 1. The highest BCUT2D eigenvalue weighted by atomic mass is 15.3. The van der Waals surface area contributed by atoms with Gasteiger partial charge in [0.1, 0.15) is 0 Å². The van der Waals surface area contributed by atoms with Gasteiger partial charge in [-0.15, -0.1) is 0 Å². The SMILES string of the molecule is CC(C)C1CCC(N2CCN(CC3CN(C(C)C)C3)CC2)CC1. The van der Waals surface area contributed by atoms with Crippen LogP contribution in [0.2, 0.25) is 0 Å². The quantitative estimate of drug-likeness (QED) is 0.770. The molecule has 0 unspecified atom stereocenters. The number of rotatable bonds is 5. The van der Waals surface area contributed by atoms with E-state index in [4.69, 9.17) is 0 Å². The van der Waals surface area contributed by atoms with E-state index in [1.165, 1.54) is 71.5 Å². The molecule has 2 heterocycles. The molecule has 0 aromatic heterocycles. The first kappa shape index (κ1) is 17.7. The Labute approximate surface area is 144 Å². The van der Waals surface area contributed by atoms with Crippen molar-refractivity contribution in [2.24, 2.45) is 17.8 Å². The molecule has 3 rings (SSSR count). The summed E-state index contributed by atoms with van der Waals surface area (Å²) < 4.78 is 0. The van der Waals surface area contributed by atoms with Crippen molar-refractivity contribution >= 4 is 0 Å². The lowest BCUT2D eigenvalue weighted by atomic mass is 9.79. The smallest absolute Gasteiger partial charge is 0.0113 e. The van der Waals surface area contributed by atoms with Gasteiger partial charge in [0.2, 0.25) is 0 Å². The first-order valence-electron chi connectivity index (χ1n) is 10.2. The van der Waals surface area contributed by atoms with Crippen LogP contribution in [0.15, 0.2) is 0 Å². The van der Waals surface area contributed by atoms with Crippen LogP contribution in [0.1, 0.15) is 53.4 Å². The molecular weight excluding hydrogens is 282 g/mol. The minimum absolute atomic E-state index is 0.740. The van der Waals surface area contributed by atoms with E-state index >= 15 is 0 Å². The highest BCUT2D eigenvalue weighted by molar-refractivity contribution is 4.87. The van der Waals surface area contributed by atoms with E-state index in [9.17, 15) is 0 Å². The molecule has 23 heavy (non-hydrogen) atoms. The van der Waals surface area contributed by atoms with Crippen LogP contribution >= 0.6 is 0 Å². The maximum Gasteiger partial charge on any atom is 0.0113 e. The average Bonchev–Trinajstić information content (AvgIpc) is 2.51. The Morgan fingerprint density at radius 1 is 0.826 bits per heavy atom. The second-order valence-electron chi connectivity index (χ2n) is 9.06. The van der Waals surface area contributed by atoms with Gasteiger partial charge in [-0.2, -0.15) is 0 Å². The van der Waals surface area contributed by atoms with Gasteiger partial charge in [-0.1, -0.05) is 13.8 Å². The van der Waals surface area contributed by atoms with Gasteiger partial charge in [-0.05, 0) is 57.3 Å². The van der Waals surface area contributed by atoms with Crippen LogP contribution < -0.4 is 0 Å². The lowest BCUT2D eigenvalue weighted by Crippen LogP contribution is -2.57. The monoisotopic (exact) mass is 321 g/mol. The summed E-state index contributed by atoms with van der Waals surface area (Å²) in [4.78, 5) is 8.15. The summed E-state index contributed by atoms with van der Waals surface area (Å²) in [5.74, 6) is 2.82. The summed E-state index contributed by atoms with van der Waals surface area (Å²) >= 11 is 0. The molecule has 134 valence electrons. The van der Waals surface area contributed by atoms with Gasteiger partial charge in [-0.3, -0.25) is 4.90 Å². The van der Waals surface area contributed by atoms with Crippen molar-refractivity contribution < 1.29 is 0 Å². The van der Waals surface area contributed by atoms with Crippen molar-refractivity contribution in [2.45, 2.75) is 65.5 Å². The standard InChI is InChI=1S/C20H39N3/c1-16(2)19-5-7-20(8-6-19)22-11-9-21(10-12-22)13-18-14-23(15-18)17(3)4/h16-20H,5-15H2,1-4H3. The first-order chi connectivity index (χ1) is 11.0. The third-order valence-electron chi connectivity index (χ3n) is 6.84. The molecule has 3 heteroatoms. The normalized spacial score (nSPS) is 32.6. The molecule has 0 spiro atoms. The fraction of sp³-hybridized carbons (Fsp3) is 1.00. The second-order valence-corrected chi connectivity index (χ2v) is 9.06. The Morgan fingerprint density at radius 2 is 1.43 bits per heavy atom. The summed E-state index contributed by atoms with van der Waals surface area (Å²) in [6, 6.07) is 1.64. The van der Waals surface area contributed by atoms with E-state index in [0.717, 1.165) is 29.8 Å². The maximum atomic E-state index is 2.81. The molecule has 3 fully saturated rings. The largest absolute Gasteiger partial charge is 0.300 e.